The number of carbonyl (C=O) groups is 1. The first-order chi connectivity index (χ1) is 14.1. The Bertz CT molecular complexity index is 977. The maximum Gasteiger partial charge on any atom is 0.315 e. The molecule has 0 fully saturated rings. The molecule has 0 aliphatic heterocycles. The third kappa shape index (κ3) is 5.08. The first kappa shape index (κ1) is 20.3. The van der Waals surface area contributed by atoms with Crippen LogP contribution in [0, 0.1) is 6.92 Å². The zero-order chi connectivity index (χ0) is 20.6. The van der Waals surface area contributed by atoms with E-state index in [1.165, 1.54) is 20.5 Å². The number of para-hydroxylation sites is 2. The van der Waals surface area contributed by atoms with Crippen LogP contribution in [0.15, 0.2) is 60.9 Å². The molecule has 7 nitrogen and oxygen atoms in total. The zero-order valence-corrected chi connectivity index (χ0v) is 16.5. The molecule has 3 aromatic rings. The Morgan fingerprint density at radius 2 is 1.55 bits per heavy atom. The van der Waals surface area contributed by atoms with E-state index in [1.54, 1.807) is 18.2 Å². The Balaban J connectivity index is 1.85. The van der Waals surface area contributed by atoms with Crippen molar-refractivity contribution in [1.29, 1.82) is 0 Å². The molecule has 2 aromatic carbocycles. The molecule has 0 N–H and O–H groups in total. The lowest BCUT2D eigenvalue weighted by Gasteiger charge is -2.17. The summed E-state index contributed by atoms with van der Waals surface area (Å²) in [7, 11) is 2.87. The van der Waals surface area contributed by atoms with Crippen LogP contribution < -0.4 is 9.47 Å². The first-order valence-corrected chi connectivity index (χ1v) is 9.01. The minimum absolute atomic E-state index is 0.165. The largest absolute Gasteiger partial charge is 0.468 e. The van der Waals surface area contributed by atoms with Crippen molar-refractivity contribution >= 4 is 5.97 Å². The molecule has 1 heterocycles. The number of hydrogen-bond acceptors (Lipinski definition) is 7. The fourth-order valence-corrected chi connectivity index (χ4v) is 2.79. The Kier molecular flexibility index (Phi) is 6.76. The van der Waals surface area contributed by atoms with Gasteiger partial charge in [0.05, 0.1) is 19.8 Å². The summed E-state index contributed by atoms with van der Waals surface area (Å²) in [4.78, 5) is 20.5. The zero-order valence-electron chi connectivity index (χ0n) is 16.5. The molecule has 0 radical (unpaired) electrons. The second-order valence-corrected chi connectivity index (χ2v) is 6.23. The van der Waals surface area contributed by atoms with Crippen molar-refractivity contribution < 1.29 is 23.7 Å². The van der Waals surface area contributed by atoms with Gasteiger partial charge < -0.3 is 18.9 Å². The monoisotopic (exact) mass is 394 g/mol. The maximum absolute atomic E-state index is 12.2. The van der Waals surface area contributed by atoms with Crippen molar-refractivity contribution in [3.63, 3.8) is 0 Å². The van der Waals surface area contributed by atoms with E-state index in [4.69, 9.17) is 18.9 Å². The maximum atomic E-state index is 12.2. The topological polar surface area (TPSA) is 79.8 Å². The van der Waals surface area contributed by atoms with Crippen molar-refractivity contribution in [2.75, 3.05) is 20.8 Å². The number of benzene rings is 2. The van der Waals surface area contributed by atoms with Gasteiger partial charge in [-0.25, -0.2) is 9.97 Å². The number of nitrogens with zero attached hydrogens (tertiary/aromatic N) is 2. The summed E-state index contributed by atoms with van der Waals surface area (Å²) < 4.78 is 21.9. The number of methoxy groups -OCH3 is 2. The van der Waals surface area contributed by atoms with Crippen molar-refractivity contribution in [2.45, 2.75) is 12.8 Å². The van der Waals surface area contributed by atoms with E-state index in [2.05, 4.69) is 9.97 Å². The van der Waals surface area contributed by atoms with Gasteiger partial charge in [-0.1, -0.05) is 36.4 Å². The molecular weight excluding hydrogens is 372 g/mol. The minimum Gasteiger partial charge on any atom is -0.468 e. The standard InChI is InChI=1S/C22H22N2O5/c1-15-8-4-6-10-18(15)28-20-12-21(24-14-23-20)29-19-11-7-5-9-16(19)17(13-26-2)22(25)27-3/h4-12,14,17H,13H2,1-3H3. The fraction of sp³-hybridized carbons (Fsp3) is 0.227. The van der Waals surface area contributed by atoms with E-state index < -0.39 is 11.9 Å². The molecule has 7 heteroatoms. The van der Waals surface area contributed by atoms with Crippen LogP contribution >= 0.6 is 0 Å². The van der Waals surface area contributed by atoms with Crippen LogP contribution in [0.5, 0.6) is 23.3 Å². The number of hydrogen-bond donors (Lipinski definition) is 0. The summed E-state index contributed by atoms with van der Waals surface area (Å²) in [6.07, 6.45) is 1.36. The fourth-order valence-electron chi connectivity index (χ4n) is 2.79. The molecule has 1 unspecified atom stereocenters. The van der Waals surface area contributed by atoms with E-state index in [-0.39, 0.29) is 12.5 Å². The number of esters is 1. The van der Waals surface area contributed by atoms with Crippen molar-refractivity contribution in [3.05, 3.63) is 72.1 Å². The van der Waals surface area contributed by atoms with Crippen molar-refractivity contribution in [3.8, 4) is 23.3 Å². The smallest absolute Gasteiger partial charge is 0.315 e. The summed E-state index contributed by atoms with van der Waals surface area (Å²) in [5, 5.41) is 0. The molecule has 0 aliphatic rings. The molecule has 0 saturated carbocycles. The summed E-state index contributed by atoms with van der Waals surface area (Å²) in [6, 6.07) is 16.4. The van der Waals surface area contributed by atoms with E-state index in [1.807, 2.05) is 43.3 Å². The lowest BCUT2D eigenvalue weighted by atomic mass is 9.99. The van der Waals surface area contributed by atoms with Crippen LogP contribution in [0.25, 0.3) is 0 Å². The highest BCUT2D eigenvalue weighted by molar-refractivity contribution is 5.79. The van der Waals surface area contributed by atoms with Crippen LogP contribution in [0.1, 0.15) is 17.0 Å². The molecule has 0 bridgehead atoms. The van der Waals surface area contributed by atoms with Gasteiger partial charge in [-0.2, -0.15) is 0 Å². The Hall–Kier alpha value is -3.45. The highest BCUT2D eigenvalue weighted by atomic mass is 16.5. The van der Waals surface area contributed by atoms with Gasteiger partial charge in [-0.15, -0.1) is 0 Å². The molecule has 29 heavy (non-hydrogen) atoms. The second-order valence-electron chi connectivity index (χ2n) is 6.23. The summed E-state index contributed by atoms with van der Waals surface area (Å²) in [5.74, 6) is 0.782. The Morgan fingerprint density at radius 1 is 0.931 bits per heavy atom. The third-order valence-corrected chi connectivity index (χ3v) is 4.25. The highest BCUT2D eigenvalue weighted by Crippen LogP contribution is 2.32. The number of rotatable bonds is 8. The van der Waals surface area contributed by atoms with E-state index in [0.29, 0.717) is 22.9 Å². The number of ether oxygens (including phenoxy) is 4. The summed E-state index contributed by atoms with van der Waals surface area (Å²) in [6.45, 7) is 2.12. The van der Waals surface area contributed by atoms with Gasteiger partial charge >= 0.3 is 5.97 Å². The van der Waals surface area contributed by atoms with Gasteiger partial charge in [0.2, 0.25) is 11.8 Å². The lowest BCUT2D eigenvalue weighted by molar-refractivity contribution is -0.143. The molecule has 1 aromatic heterocycles. The highest BCUT2D eigenvalue weighted by Gasteiger charge is 2.25. The van der Waals surface area contributed by atoms with Gasteiger partial charge in [0, 0.05) is 12.7 Å². The van der Waals surface area contributed by atoms with Crippen LogP contribution in [0.4, 0.5) is 0 Å². The van der Waals surface area contributed by atoms with E-state index in [0.717, 1.165) is 5.56 Å². The quantitative estimate of drug-likeness (QED) is 0.528. The van der Waals surface area contributed by atoms with E-state index in [9.17, 15) is 4.79 Å². The van der Waals surface area contributed by atoms with Crippen LogP contribution in [-0.4, -0.2) is 36.8 Å². The molecule has 0 aliphatic carbocycles. The third-order valence-electron chi connectivity index (χ3n) is 4.25. The molecule has 1 atom stereocenters. The first-order valence-electron chi connectivity index (χ1n) is 9.01. The number of aromatic nitrogens is 2. The molecule has 150 valence electrons. The normalized spacial score (nSPS) is 11.6. The van der Waals surface area contributed by atoms with Gasteiger partial charge in [-0.3, -0.25) is 4.79 Å². The van der Waals surface area contributed by atoms with E-state index >= 15 is 0 Å². The van der Waals surface area contributed by atoms with Gasteiger partial charge in [0.25, 0.3) is 0 Å². The minimum atomic E-state index is -0.620. The van der Waals surface area contributed by atoms with Crippen molar-refractivity contribution in [1.82, 2.24) is 9.97 Å². The van der Waals surface area contributed by atoms with Crippen LogP contribution in [-0.2, 0) is 14.3 Å². The number of carbonyl (C=O) groups excluding carboxylic acids is 1. The predicted molar refractivity (Wildman–Crippen MR) is 106 cm³/mol. The average Bonchev–Trinajstić information content (AvgIpc) is 2.74. The average molecular weight is 394 g/mol. The molecule has 3 rings (SSSR count). The van der Waals surface area contributed by atoms with Crippen molar-refractivity contribution in [2.24, 2.45) is 0 Å². The number of aryl methyl sites for hydroxylation is 1. The predicted octanol–water partition coefficient (Wildman–Crippen LogP) is 4.27. The van der Waals surface area contributed by atoms with Gasteiger partial charge in [-0.05, 0) is 24.6 Å². The van der Waals surface area contributed by atoms with Crippen LogP contribution in [0.3, 0.4) is 0 Å². The molecule has 0 saturated heterocycles. The Morgan fingerprint density at radius 3 is 2.21 bits per heavy atom. The molecule has 0 amide bonds. The SMILES string of the molecule is COCC(C(=O)OC)c1ccccc1Oc1cc(Oc2ccccc2C)ncn1. The molecular formula is C22H22N2O5. The second kappa shape index (κ2) is 9.66. The van der Waals surface area contributed by atoms with Gasteiger partial charge in [0.1, 0.15) is 23.7 Å². The lowest BCUT2D eigenvalue weighted by Crippen LogP contribution is -2.19. The summed E-state index contributed by atoms with van der Waals surface area (Å²) in [5.41, 5.74) is 1.63. The summed E-state index contributed by atoms with van der Waals surface area (Å²) >= 11 is 0. The Labute approximate surface area is 169 Å². The van der Waals surface area contributed by atoms with Crippen LogP contribution in [0.2, 0.25) is 0 Å². The van der Waals surface area contributed by atoms with Gasteiger partial charge in [0.15, 0.2) is 0 Å². The molecule has 0 spiro atoms.